The highest BCUT2D eigenvalue weighted by Gasteiger charge is 2.05. The Bertz CT molecular complexity index is 309. The van der Waals surface area contributed by atoms with Gasteiger partial charge in [0.15, 0.2) is 0 Å². The SMILES string of the molecule is CC(O)c1ccc(N(C)CCN(C)C)nc1. The molecule has 0 radical (unpaired) electrons. The summed E-state index contributed by atoms with van der Waals surface area (Å²) in [5.41, 5.74) is 0.852. The molecule has 4 nitrogen and oxygen atoms in total. The Kier molecular flexibility index (Phi) is 4.71. The molecule has 1 heterocycles. The molecule has 0 aromatic carbocycles. The highest BCUT2D eigenvalue weighted by Crippen LogP contribution is 2.14. The fraction of sp³-hybridized carbons (Fsp3) is 0.583. The molecule has 0 spiro atoms. The number of pyridine rings is 1. The van der Waals surface area contributed by atoms with E-state index >= 15 is 0 Å². The standard InChI is InChI=1S/C12H21N3O/c1-10(16)11-5-6-12(13-9-11)15(4)8-7-14(2)3/h5-6,9-10,16H,7-8H2,1-4H3. The number of hydrogen-bond donors (Lipinski definition) is 1. The molecule has 1 rings (SSSR count). The number of aliphatic hydroxyl groups excluding tert-OH is 1. The lowest BCUT2D eigenvalue weighted by Crippen LogP contribution is -2.28. The summed E-state index contributed by atoms with van der Waals surface area (Å²) in [5.74, 6) is 0.936. The molecule has 0 bridgehead atoms. The minimum atomic E-state index is -0.450. The van der Waals surface area contributed by atoms with Crippen LogP contribution >= 0.6 is 0 Å². The van der Waals surface area contributed by atoms with E-state index in [1.165, 1.54) is 0 Å². The van der Waals surface area contributed by atoms with Crippen molar-refractivity contribution < 1.29 is 5.11 Å². The van der Waals surface area contributed by atoms with Gasteiger partial charge in [0, 0.05) is 26.3 Å². The third-order valence-corrected chi connectivity index (χ3v) is 2.53. The zero-order valence-corrected chi connectivity index (χ0v) is 10.5. The number of anilines is 1. The predicted molar refractivity (Wildman–Crippen MR) is 66.7 cm³/mol. The topological polar surface area (TPSA) is 39.6 Å². The summed E-state index contributed by atoms with van der Waals surface area (Å²) in [5, 5.41) is 9.37. The first kappa shape index (κ1) is 12.9. The Balaban J connectivity index is 2.59. The minimum absolute atomic E-state index is 0.450. The first-order chi connectivity index (χ1) is 7.50. The van der Waals surface area contributed by atoms with Crippen molar-refractivity contribution in [1.29, 1.82) is 0 Å². The summed E-state index contributed by atoms with van der Waals surface area (Å²) >= 11 is 0. The zero-order valence-electron chi connectivity index (χ0n) is 10.5. The van der Waals surface area contributed by atoms with E-state index in [2.05, 4.69) is 28.9 Å². The van der Waals surface area contributed by atoms with Crippen LogP contribution in [0.3, 0.4) is 0 Å². The first-order valence-corrected chi connectivity index (χ1v) is 5.50. The maximum absolute atomic E-state index is 9.37. The second-order valence-corrected chi connectivity index (χ2v) is 4.35. The highest BCUT2D eigenvalue weighted by molar-refractivity contribution is 5.38. The van der Waals surface area contributed by atoms with Crippen molar-refractivity contribution in [3.8, 4) is 0 Å². The second kappa shape index (κ2) is 5.82. The smallest absolute Gasteiger partial charge is 0.128 e. The van der Waals surface area contributed by atoms with Crippen LogP contribution in [0.15, 0.2) is 18.3 Å². The second-order valence-electron chi connectivity index (χ2n) is 4.35. The van der Waals surface area contributed by atoms with E-state index in [-0.39, 0.29) is 0 Å². The number of hydrogen-bond acceptors (Lipinski definition) is 4. The van der Waals surface area contributed by atoms with Gasteiger partial charge in [-0.05, 0) is 32.6 Å². The summed E-state index contributed by atoms with van der Waals surface area (Å²) in [7, 11) is 6.13. The molecule has 1 N–H and O–H groups in total. The van der Waals surface area contributed by atoms with Crippen LogP contribution in [-0.2, 0) is 0 Å². The van der Waals surface area contributed by atoms with Crippen LogP contribution in [-0.4, -0.2) is 49.2 Å². The Morgan fingerprint density at radius 2 is 1.94 bits per heavy atom. The molecule has 0 aliphatic heterocycles. The van der Waals surface area contributed by atoms with Crippen molar-refractivity contribution in [2.24, 2.45) is 0 Å². The van der Waals surface area contributed by atoms with Crippen LogP contribution in [0.1, 0.15) is 18.6 Å². The summed E-state index contributed by atoms with van der Waals surface area (Å²) in [6.45, 7) is 3.68. The van der Waals surface area contributed by atoms with Crippen LogP contribution in [0.25, 0.3) is 0 Å². The molecule has 16 heavy (non-hydrogen) atoms. The molecule has 0 aliphatic rings. The molecule has 0 fully saturated rings. The molecule has 1 aromatic rings. The van der Waals surface area contributed by atoms with Gasteiger partial charge >= 0.3 is 0 Å². The van der Waals surface area contributed by atoms with E-state index in [9.17, 15) is 5.11 Å². The summed E-state index contributed by atoms with van der Waals surface area (Å²) in [6.07, 6.45) is 1.28. The minimum Gasteiger partial charge on any atom is -0.389 e. The van der Waals surface area contributed by atoms with Gasteiger partial charge in [-0.25, -0.2) is 4.98 Å². The molecular formula is C12H21N3O. The predicted octanol–water partition coefficient (Wildman–Crippen LogP) is 1.13. The molecule has 0 saturated carbocycles. The Morgan fingerprint density at radius 3 is 2.38 bits per heavy atom. The van der Waals surface area contributed by atoms with E-state index in [0.29, 0.717) is 0 Å². The molecule has 1 unspecified atom stereocenters. The van der Waals surface area contributed by atoms with E-state index in [1.807, 2.05) is 19.2 Å². The highest BCUT2D eigenvalue weighted by atomic mass is 16.3. The van der Waals surface area contributed by atoms with Gasteiger partial charge in [0.25, 0.3) is 0 Å². The Labute approximate surface area is 97.5 Å². The van der Waals surface area contributed by atoms with Gasteiger partial charge in [-0.1, -0.05) is 6.07 Å². The monoisotopic (exact) mass is 223 g/mol. The number of rotatable bonds is 5. The molecule has 1 aromatic heterocycles. The molecule has 0 saturated heterocycles. The van der Waals surface area contributed by atoms with Crippen LogP contribution in [0.5, 0.6) is 0 Å². The van der Waals surface area contributed by atoms with Gasteiger partial charge in [0.1, 0.15) is 5.82 Å². The summed E-state index contributed by atoms with van der Waals surface area (Å²) < 4.78 is 0. The third-order valence-electron chi connectivity index (χ3n) is 2.53. The fourth-order valence-electron chi connectivity index (χ4n) is 1.33. The number of likely N-dealkylation sites (N-methyl/N-ethyl adjacent to an activating group) is 2. The molecule has 0 aliphatic carbocycles. The zero-order chi connectivity index (χ0) is 12.1. The average Bonchev–Trinajstić information content (AvgIpc) is 2.26. The Hall–Kier alpha value is -1.13. The van der Waals surface area contributed by atoms with Crippen molar-refractivity contribution >= 4 is 5.82 Å². The lowest BCUT2D eigenvalue weighted by atomic mass is 10.2. The number of aromatic nitrogens is 1. The third kappa shape index (κ3) is 3.79. The summed E-state index contributed by atoms with van der Waals surface area (Å²) in [6, 6.07) is 3.86. The maximum Gasteiger partial charge on any atom is 0.128 e. The van der Waals surface area contributed by atoms with Gasteiger partial charge in [0.2, 0.25) is 0 Å². The molecule has 4 heteroatoms. The van der Waals surface area contributed by atoms with Crippen molar-refractivity contribution in [2.45, 2.75) is 13.0 Å². The van der Waals surface area contributed by atoms with Gasteiger partial charge in [-0.2, -0.15) is 0 Å². The van der Waals surface area contributed by atoms with Crippen molar-refractivity contribution in [3.63, 3.8) is 0 Å². The van der Waals surface area contributed by atoms with E-state index in [4.69, 9.17) is 0 Å². The van der Waals surface area contributed by atoms with Gasteiger partial charge in [-0.3, -0.25) is 0 Å². The van der Waals surface area contributed by atoms with Crippen LogP contribution in [0.4, 0.5) is 5.82 Å². The van der Waals surface area contributed by atoms with Crippen LogP contribution in [0, 0.1) is 0 Å². The van der Waals surface area contributed by atoms with Crippen LogP contribution < -0.4 is 4.90 Å². The number of nitrogens with zero attached hydrogens (tertiary/aromatic N) is 3. The molecule has 0 amide bonds. The van der Waals surface area contributed by atoms with Gasteiger partial charge in [0.05, 0.1) is 6.10 Å². The van der Waals surface area contributed by atoms with Crippen LogP contribution in [0.2, 0.25) is 0 Å². The van der Waals surface area contributed by atoms with E-state index < -0.39 is 6.10 Å². The molecule has 90 valence electrons. The maximum atomic E-state index is 9.37. The van der Waals surface area contributed by atoms with Crippen molar-refractivity contribution in [2.75, 3.05) is 39.1 Å². The fourth-order valence-corrected chi connectivity index (χ4v) is 1.33. The number of aliphatic hydroxyl groups is 1. The molecular weight excluding hydrogens is 202 g/mol. The first-order valence-electron chi connectivity index (χ1n) is 5.50. The largest absolute Gasteiger partial charge is 0.389 e. The van der Waals surface area contributed by atoms with Crippen molar-refractivity contribution in [3.05, 3.63) is 23.9 Å². The van der Waals surface area contributed by atoms with Crippen molar-refractivity contribution in [1.82, 2.24) is 9.88 Å². The quantitative estimate of drug-likeness (QED) is 0.812. The van der Waals surface area contributed by atoms with E-state index in [0.717, 1.165) is 24.5 Å². The summed E-state index contributed by atoms with van der Waals surface area (Å²) in [4.78, 5) is 8.57. The molecule has 1 atom stereocenters. The lowest BCUT2D eigenvalue weighted by Gasteiger charge is -2.20. The lowest BCUT2D eigenvalue weighted by molar-refractivity contribution is 0.199. The normalized spacial score (nSPS) is 12.9. The van der Waals surface area contributed by atoms with E-state index in [1.54, 1.807) is 13.1 Å². The van der Waals surface area contributed by atoms with Gasteiger partial charge < -0.3 is 14.9 Å². The van der Waals surface area contributed by atoms with Gasteiger partial charge in [-0.15, -0.1) is 0 Å². The Morgan fingerprint density at radius 1 is 1.25 bits per heavy atom. The average molecular weight is 223 g/mol.